The molecule has 0 aliphatic carbocycles. The maximum Gasteiger partial charge on any atom is 0.161 e. The standard InChI is InChI=1S/C25H26N2O3/c1-5-6-22-16(9-17-11-20(28-2)7-8-23(17)27-22)10-18-14-26-15-19-12-24(29-3)25(30-4)13-21(18)19/h7-9,11-15H,5-6,10H2,1-4H3. The van der Waals surface area contributed by atoms with E-state index in [2.05, 4.69) is 18.0 Å². The van der Waals surface area contributed by atoms with Crippen molar-refractivity contribution in [1.82, 2.24) is 9.97 Å². The predicted octanol–water partition coefficient (Wildman–Crippen LogP) is 5.35. The molecule has 0 aliphatic rings. The highest BCUT2D eigenvalue weighted by atomic mass is 16.5. The Kier molecular flexibility index (Phi) is 5.70. The van der Waals surface area contributed by atoms with E-state index in [-0.39, 0.29) is 0 Å². The van der Waals surface area contributed by atoms with E-state index in [1.54, 1.807) is 21.3 Å². The lowest BCUT2D eigenvalue weighted by Gasteiger charge is -2.14. The molecule has 2 aromatic carbocycles. The first kappa shape index (κ1) is 20.0. The maximum atomic E-state index is 5.52. The Labute approximate surface area is 176 Å². The van der Waals surface area contributed by atoms with Crippen LogP contribution in [0.15, 0.2) is 48.8 Å². The third-order valence-electron chi connectivity index (χ3n) is 5.40. The first-order chi connectivity index (χ1) is 14.7. The molecule has 2 aromatic heterocycles. The Balaban J connectivity index is 1.84. The number of benzene rings is 2. The molecule has 0 N–H and O–H groups in total. The minimum absolute atomic E-state index is 0.704. The second-order valence-electron chi connectivity index (χ2n) is 7.31. The van der Waals surface area contributed by atoms with Crippen LogP contribution < -0.4 is 14.2 Å². The van der Waals surface area contributed by atoms with Gasteiger partial charge in [-0.15, -0.1) is 0 Å². The summed E-state index contributed by atoms with van der Waals surface area (Å²) >= 11 is 0. The predicted molar refractivity (Wildman–Crippen MR) is 120 cm³/mol. The quantitative estimate of drug-likeness (QED) is 0.417. The summed E-state index contributed by atoms with van der Waals surface area (Å²) in [6.45, 7) is 2.18. The molecule has 5 heteroatoms. The fourth-order valence-electron chi connectivity index (χ4n) is 3.87. The van der Waals surface area contributed by atoms with Crippen LogP contribution >= 0.6 is 0 Å². The average molecular weight is 402 g/mol. The molecule has 0 unspecified atom stereocenters. The summed E-state index contributed by atoms with van der Waals surface area (Å²) in [6.07, 6.45) is 6.51. The fourth-order valence-corrected chi connectivity index (χ4v) is 3.87. The van der Waals surface area contributed by atoms with Gasteiger partial charge in [-0.05, 0) is 59.3 Å². The maximum absolute atomic E-state index is 5.52. The van der Waals surface area contributed by atoms with Crippen molar-refractivity contribution in [3.05, 3.63) is 65.6 Å². The van der Waals surface area contributed by atoms with E-state index in [4.69, 9.17) is 19.2 Å². The van der Waals surface area contributed by atoms with Crippen LogP contribution in [0.1, 0.15) is 30.2 Å². The van der Waals surface area contributed by atoms with Crippen molar-refractivity contribution in [2.45, 2.75) is 26.2 Å². The van der Waals surface area contributed by atoms with E-state index in [0.717, 1.165) is 57.9 Å². The molecule has 0 radical (unpaired) electrons. The Bertz CT molecular complexity index is 1200. The molecule has 30 heavy (non-hydrogen) atoms. The third kappa shape index (κ3) is 3.75. The number of methoxy groups -OCH3 is 3. The van der Waals surface area contributed by atoms with Crippen molar-refractivity contribution in [3.8, 4) is 17.2 Å². The monoisotopic (exact) mass is 402 g/mol. The lowest BCUT2D eigenvalue weighted by Crippen LogP contribution is -2.01. The van der Waals surface area contributed by atoms with Gasteiger partial charge in [-0.3, -0.25) is 9.97 Å². The van der Waals surface area contributed by atoms with Crippen molar-refractivity contribution in [2.24, 2.45) is 0 Å². The highest BCUT2D eigenvalue weighted by Gasteiger charge is 2.13. The minimum Gasteiger partial charge on any atom is -0.497 e. The van der Waals surface area contributed by atoms with Crippen molar-refractivity contribution in [1.29, 1.82) is 0 Å². The number of pyridine rings is 2. The van der Waals surface area contributed by atoms with Gasteiger partial charge >= 0.3 is 0 Å². The van der Waals surface area contributed by atoms with Gasteiger partial charge < -0.3 is 14.2 Å². The molecule has 0 atom stereocenters. The molecular formula is C25H26N2O3. The number of aryl methyl sites for hydroxylation is 1. The molecule has 4 aromatic rings. The molecule has 0 saturated carbocycles. The summed E-state index contributed by atoms with van der Waals surface area (Å²) < 4.78 is 16.4. The summed E-state index contributed by atoms with van der Waals surface area (Å²) in [5.74, 6) is 2.25. The normalized spacial score (nSPS) is 11.1. The van der Waals surface area contributed by atoms with E-state index >= 15 is 0 Å². The number of hydrogen-bond acceptors (Lipinski definition) is 5. The highest BCUT2D eigenvalue weighted by Crippen LogP contribution is 2.34. The van der Waals surface area contributed by atoms with E-state index in [9.17, 15) is 0 Å². The van der Waals surface area contributed by atoms with E-state index in [0.29, 0.717) is 11.5 Å². The first-order valence-corrected chi connectivity index (χ1v) is 10.1. The molecule has 0 bridgehead atoms. The molecular weight excluding hydrogens is 376 g/mol. The molecule has 0 spiro atoms. The van der Waals surface area contributed by atoms with Gasteiger partial charge in [0.1, 0.15) is 5.75 Å². The Morgan fingerprint density at radius 3 is 2.33 bits per heavy atom. The van der Waals surface area contributed by atoms with Gasteiger partial charge in [-0.2, -0.15) is 0 Å². The third-order valence-corrected chi connectivity index (χ3v) is 5.40. The van der Waals surface area contributed by atoms with Crippen molar-refractivity contribution >= 4 is 21.7 Å². The van der Waals surface area contributed by atoms with Crippen LogP contribution in [0.25, 0.3) is 21.7 Å². The summed E-state index contributed by atoms with van der Waals surface area (Å²) in [5.41, 5.74) is 4.47. The number of nitrogens with zero attached hydrogens (tertiary/aromatic N) is 2. The number of aromatic nitrogens is 2. The second-order valence-corrected chi connectivity index (χ2v) is 7.31. The lowest BCUT2D eigenvalue weighted by molar-refractivity contribution is 0.356. The van der Waals surface area contributed by atoms with Gasteiger partial charge in [0.25, 0.3) is 0 Å². The van der Waals surface area contributed by atoms with Gasteiger partial charge in [0.2, 0.25) is 0 Å². The van der Waals surface area contributed by atoms with Gasteiger partial charge in [0.05, 0.1) is 26.8 Å². The summed E-state index contributed by atoms with van der Waals surface area (Å²) in [4.78, 5) is 9.43. The van der Waals surface area contributed by atoms with E-state index in [1.165, 1.54) is 5.56 Å². The largest absolute Gasteiger partial charge is 0.497 e. The molecule has 0 amide bonds. The van der Waals surface area contributed by atoms with Crippen molar-refractivity contribution in [2.75, 3.05) is 21.3 Å². The number of rotatable bonds is 7. The lowest BCUT2D eigenvalue weighted by atomic mass is 9.97. The van der Waals surface area contributed by atoms with E-state index < -0.39 is 0 Å². The van der Waals surface area contributed by atoms with Crippen LogP contribution in [0.2, 0.25) is 0 Å². The van der Waals surface area contributed by atoms with Crippen molar-refractivity contribution in [3.63, 3.8) is 0 Å². The zero-order chi connectivity index (χ0) is 21.1. The highest BCUT2D eigenvalue weighted by molar-refractivity contribution is 5.89. The summed E-state index contributed by atoms with van der Waals surface area (Å²) in [7, 11) is 4.99. The minimum atomic E-state index is 0.704. The van der Waals surface area contributed by atoms with Crippen LogP contribution in [-0.2, 0) is 12.8 Å². The zero-order valence-electron chi connectivity index (χ0n) is 17.9. The number of hydrogen-bond donors (Lipinski definition) is 0. The first-order valence-electron chi connectivity index (χ1n) is 10.1. The molecule has 2 heterocycles. The zero-order valence-corrected chi connectivity index (χ0v) is 17.9. The topological polar surface area (TPSA) is 53.5 Å². The van der Waals surface area contributed by atoms with Crippen LogP contribution in [0.5, 0.6) is 17.2 Å². The van der Waals surface area contributed by atoms with Crippen LogP contribution in [0.4, 0.5) is 0 Å². The number of ether oxygens (including phenoxy) is 3. The van der Waals surface area contributed by atoms with E-state index in [1.807, 2.05) is 42.7 Å². The molecule has 4 rings (SSSR count). The summed E-state index contributed by atoms with van der Waals surface area (Å²) in [5, 5.41) is 3.21. The van der Waals surface area contributed by atoms with Gasteiger partial charge in [-0.25, -0.2) is 0 Å². The Morgan fingerprint density at radius 2 is 1.60 bits per heavy atom. The van der Waals surface area contributed by atoms with Gasteiger partial charge in [0.15, 0.2) is 11.5 Å². The van der Waals surface area contributed by atoms with Gasteiger partial charge in [0, 0.05) is 35.3 Å². The Morgan fingerprint density at radius 1 is 0.800 bits per heavy atom. The molecule has 0 fully saturated rings. The Hall–Kier alpha value is -3.34. The molecule has 0 aliphatic heterocycles. The molecule has 5 nitrogen and oxygen atoms in total. The number of fused-ring (bicyclic) bond motifs is 2. The smallest absolute Gasteiger partial charge is 0.161 e. The molecule has 154 valence electrons. The molecule has 0 saturated heterocycles. The SMILES string of the molecule is CCCc1nc2ccc(OC)cc2cc1Cc1cncc2cc(OC)c(OC)cc12. The van der Waals surface area contributed by atoms with Gasteiger partial charge in [-0.1, -0.05) is 13.3 Å². The second kappa shape index (κ2) is 8.57. The van der Waals surface area contributed by atoms with Crippen LogP contribution in [0, 0.1) is 0 Å². The van der Waals surface area contributed by atoms with Crippen molar-refractivity contribution < 1.29 is 14.2 Å². The summed E-state index contributed by atoms with van der Waals surface area (Å²) in [6, 6.07) is 12.3. The fraction of sp³-hybridized carbons (Fsp3) is 0.280. The van der Waals surface area contributed by atoms with Crippen LogP contribution in [-0.4, -0.2) is 31.3 Å². The van der Waals surface area contributed by atoms with Crippen LogP contribution in [0.3, 0.4) is 0 Å². The average Bonchev–Trinajstić information content (AvgIpc) is 2.78.